The molecule has 146 valence electrons. The Morgan fingerprint density at radius 2 is 1.79 bits per heavy atom. The van der Waals surface area contributed by atoms with E-state index in [1.54, 1.807) is 31.2 Å². The zero-order valence-corrected chi connectivity index (χ0v) is 15.3. The Bertz CT molecular complexity index is 968. The first-order valence-electron chi connectivity index (χ1n) is 8.06. The molecule has 1 amide bonds. The van der Waals surface area contributed by atoms with Gasteiger partial charge in [0.05, 0.1) is 11.1 Å². The summed E-state index contributed by atoms with van der Waals surface area (Å²) in [5.41, 5.74) is -0.186. The van der Waals surface area contributed by atoms with Crippen LogP contribution in [0.3, 0.4) is 0 Å². The molecule has 3 rings (SSSR count). The number of ether oxygens (including phenoxy) is 1. The summed E-state index contributed by atoms with van der Waals surface area (Å²) in [6.07, 6.45) is -4.45. The highest BCUT2D eigenvalue weighted by atomic mass is 35.5. The molecule has 28 heavy (non-hydrogen) atoms. The van der Waals surface area contributed by atoms with E-state index >= 15 is 0 Å². The Hall–Kier alpha value is -3.00. The molecule has 5 nitrogen and oxygen atoms in total. The lowest BCUT2D eigenvalue weighted by atomic mass is 10.1. The van der Waals surface area contributed by atoms with Crippen molar-refractivity contribution in [1.82, 2.24) is 5.16 Å². The number of rotatable bonds is 5. The van der Waals surface area contributed by atoms with Gasteiger partial charge in [-0.3, -0.25) is 4.79 Å². The monoisotopic (exact) mass is 410 g/mol. The second-order valence-corrected chi connectivity index (χ2v) is 6.27. The average Bonchev–Trinajstić information content (AvgIpc) is 3.02. The minimum absolute atomic E-state index is 0.00800. The van der Waals surface area contributed by atoms with Crippen LogP contribution in [0.5, 0.6) is 5.75 Å². The van der Waals surface area contributed by atoms with Crippen LogP contribution in [0.1, 0.15) is 27.4 Å². The smallest absolute Gasteiger partial charge is 0.416 e. The third-order valence-electron chi connectivity index (χ3n) is 3.87. The molecule has 0 aliphatic heterocycles. The van der Waals surface area contributed by atoms with Crippen LogP contribution in [0.25, 0.3) is 0 Å². The number of nitrogens with zero attached hydrogens (tertiary/aromatic N) is 1. The zero-order chi connectivity index (χ0) is 20.3. The van der Waals surface area contributed by atoms with E-state index in [0.29, 0.717) is 22.1 Å². The summed E-state index contributed by atoms with van der Waals surface area (Å²) in [7, 11) is 0. The number of anilines is 1. The van der Waals surface area contributed by atoms with Crippen molar-refractivity contribution < 1.29 is 27.2 Å². The van der Waals surface area contributed by atoms with Crippen molar-refractivity contribution >= 4 is 23.2 Å². The summed E-state index contributed by atoms with van der Waals surface area (Å²) in [6.45, 7) is 1.65. The molecule has 0 aliphatic carbocycles. The van der Waals surface area contributed by atoms with Crippen LogP contribution in [-0.4, -0.2) is 11.1 Å². The van der Waals surface area contributed by atoms with Crippen molar-refractivity contribution in [2.45, 2.75) is 19.7 Å². The first kappa shape index (κ1) is 19.8. The number of aryl methyl sites for hydroxylation is 1. The maximum absolute atomic E-state index is 12.6. The Balaban J connectivity index is 1.71. The number of alkyl halides is 3. The molecule has 0 saturated heterocycles. The molecule has 0 unspecified atom stereocenters. The van der Waals surface area contributed by atoms with Gasteiger partial charge in [-0.2, -0.15) is 13.2 Å². The van der Waals surface area contributed by atoms with Gasteiger partial charge in [0.25, 0.3) is 5.91 Å². The number of carbonyl (C=O) groups is 1. The van der Waals surface area contributed by atoms with E-state index in [2.05, 4.69) is 10.5 Å². The van der Waals surface area contributed by atoms with Gasteiger partial charge in [0.2, 0.25) is 0 Å². The number of nitrogens with one attached hydrogen (secondary N) is 1. The van der Waals surface area contributed by atoms with Crippen LogP contribution in [0.4, 0.5) is 18.9 Å². The molecule has 0 saturated carbocycles. The Kier molecular flexibility index (Phi) is 5.60. The molecule has 9 heteroatoms. The molecule has 0 spiro atoms. The second kappa shape index (κ2) is 7.93. The SMILES string of the molecule is Cc1onc(C(=O)Nc2ccc(C(F)(F)F)cc2)c1COc1ccc(Cl)cc1. The van der Waals surface area contributed by atoms with E-state index in [1.807, 2.05) is 0 Å². The second-order valence-electron chi connectivity index (χ2n) is 5.84. The van der Waals surface area contributed by atoms with Crippen molar-refractivity contribution in [2.24, 2.45) is 0 Å². The Morgan fingerprint density at radius 1 is 1.14 bits per heavy atom. The minimum atomic E-state index is -4.45. The highest BCUT2D eigenvalue weighted by Gasteiger charge is 2.30. The van der Waals surface area contributed by atoms with Crippen molar-refractivity contribution in [3.05, 3.63) is 76.1 Å². The van der Waals surface area contributed by atoms with E-state index < -0.39 is 17.6 Å². The van der Waals surface area contributed by atoms with E-state index in [9.17, 15) is 18.0 Å². The molecule has 1 heterocycles. The molecular formula is C19H14ClF3N2O3. The number of hydrogen-bond donors (Lipinski definition) is 1. The van der Waals surface area contributed by atoms with Gasteiger partial charge < -0.3 is 14.6 Å². The number of benzene rings is 2. The Morgan fingerprint density at radius 3 is 2.39 bits per heavy atom. The van der Waals surface area contributed by atoms with Crippen LogP contribution in [0.2, 0.25) is 5.02 Å². The molecule has 0 atom stereocenters. The first-order chi connectivity index (χ1) is 13.2. The predicted molar refractivity (Wildman–Crippen MR) is 96.4 cm³/mol. The molecule has 0 radical (unpaired) electrons. The maximum atomic E-state index is 12.6. The van der Waals surface area contributed by atoms with E-state index in [-0.39, 0.29) is 18.0 Å². The van der Waals surface area contributed by atoms with Crippen molar-refractivity contribution in [2.75, 3.05) is 5.32 Å². The fourth-order valence-electron chi connectivity index (χ4n) is 2.36. The van der Waals surface area contributed by atoms with Gasteiger partial charge in [-0.25, -0.2) is 0 Å². The third-order valence-corrected chi connectivity index (χ3v) is 4.12. The molecule has 0 fully saturated rings. The Labute approximate surface area is 163 Å². The average molecular weight is 411 g/mol. The fraction of sp³-hybridized carbons (Fsp3) is 0.158. The van der Waals surface area contributed by atoms with Crippen molar-refractivity contribution in [3.8, 4) is 5.75 Å². The lowest BCUT2D eigenvalue weighted by molar-refractivity contribution is -0.137. The summed E-state index contributed by atoms with van der Waals surface area (Å²) in [5.74, 6) is 0.317. The zero-order valence-electron chi connectivity index (χ0n) is 14.5. The van der Waals surface area contributed by atoms with Crippen LogP contribution in [-0.2, 0) is 12.8 Å². The molecule has 0 bridgehead atoms. The molecular weight excluding hydrogens is 397 g/mol. The summed E-state index contributed by atoms with van der Waals surface area (Å²) in [6, 6.07) is 10.8. The standard InChI is InChI=1S/C19H14ClF3N2O3/c1-11-16(10-27-15-8-4-13(20)5-9-15)17(25-28-11)18(26)24-14-6-2-12(3-7-14)19(21,22)23/h2-9H,10H2,1H3,(H,24,26). The van der Waals surface area contributed by atoms with Gasteiger partial charge in [0, 0.05) is 10.7 Å². The van der Waals surface area contributed by atoms with Gasteiger partial charge in [0.1, 0.15) is 18.1 Å². The number of carbonyl (C=O) groups excluding carboxylic acids is 1. The van der Waals surface area contributed by atoms with Crippen molar-refractivity contribution in [1.29, 1.82) is 0 Å². The van der Waals surface area contributed by atoms with Gasteiger partial charge >= 0.3 is 6.18 Å². The minimum Gasteiger partial charge on any atom is -0.489 e. The topological polar surface area (TPSA) is 64.4 Å². The van der Waals surface area contributed by atoms with E-state index in [4.69, 9.17) is 20.9 Å². The number of amides is 1. The third kappa shape index (κ3) is 4.64. The highest BCUT2D eigenvalue weighted by molar-refractivity contribution is 6.30. The van der Waals surface area contributed by atoms with Crippen LogP contribution < -0.4 is 10.1 Å². The van der Waals surface area contributed by atoms with Crippen LogP contribution in [0, 0.1) is 6.92 Å². The van der Waals surface area contributed by atoms with Crippen LogP contribution >= 0.6 is 11.6 Å². The predicted octanol–water partition coefficient (Wildman–Crippen LogP) is 5.49. The molecule has 1 N–H and O–H groups in total. The normalized spacial score (nSPS) is 11.3. The van der Waals surface area contributed by atoms with Gasteiger partial charge in [-0.05, 0) is 55.5 Å². The highest BCUT2D eigenvalue weighted by Crippen LogP contribution is 2.30. The number of halogens is 4. The largest absolute Gasteiger partial charge is 0.489 e. The maximum Gasteiger partial charge on any atom is 0.416 e. The van der Waals surface area contributed by atoms with Gasteiger partial charge in [-0.1, -0.05) is 16.8 Å². The summed E-state index contributed by atoms with van der Waals surface area (Å²) < 4.78 is 48.5. The molecule has 1 aromatic heterocycles. The quantitative estimate of drug-likeness (QED) is 0.604. The molecule has 0 aliphatic rings. The first-order valence-corrected chi connectivity index (χ1v) is 8.44. The number of aromatic nitrogens is 1. The van der Waals surface area contributed by atoms with Crippen molar-refractivity contribution in [3.63, 3.8) is 0 Å². The summed E-state index contributed by atoms with van der Waals surface area (Å²) in [5, 5.41) is 6.78. The van der Waals surface area contributed by atoms with E-state index in [1.165, 1.54) is 0 Å². The molecule has 3 aromatic rings. The number of hydrogen-bond acceptors (Lipinski definition) is 4. The van der Waals surface area contributed by atoms with E-state index in [0.717, 1.165) is 24.3 Å². The van der Waals surface area contributed by atoms with Gasteiger partial charge in [0.15, 0.2) is 5.69 Å². The lowest BCUT2D eigenvalue weighted by Gasteiger charge is -2.09. The molecule has 2 aromatic carbocycles. The summed E-state index contributed by atoms with van der Waals surface area (Å²) in [4.78, 5) is 12.5. The lowest BCUT2D eigenvalue weighted by Crippen LogP contribution is -2.15. The fourth-order valence-corrected chi connectivity index (χ4v) is 2.48. The van der Waals surface area contributed by atoms with Gasteiger partial charge in [-0.15, -0.1) is 0 Å². The van der Waals surface area contributed by atoms with Crippen LogP contribution in [0.15, 0.2) is 53.1 Å². The summed E-state index contributed by atoms with van der Waals surface area (Å²) >= 11 is 5.82.